The number of amides is 1. The maximum absolute atomic E-state index is 13.6. The molecule has 21 heavy (non-hydrogen) atoms. The van der Waals surface area contributed by atoms with Gasteiger partial charge >= 0.3 is 0 Å². The van der Waals surface area contributed by atoms with Gasteiger partial charge < -0.3 is 11.1 Å². The van der Waals surface area contributed by atoms with Crippen LogP contribution in [0.2, 0.25) is 5.02 Å². The minimum atomic E-state index is -0.570. The zero-order valence-electron chi connectivity index (χ0n) is 11.1. The molecule has 106 valence electrons. The van der Waals surface area contributed by atoms with E-state index in [1.54, 1.807) is 6.07 Å². The summed E-state index contributed by atoms with van der Waals surface area (Å²) in [6, 6.07) is 8.89. The molecule has 0 spiro atoms. The highest BCUT2D eigenvalue weighted by Crippen LogP contribution is 2.22. The van der Waals surface area contributed by atoms with Crippen molar-refractivity contribution in [2.45, 2.75) is 6.92 Å². The summed E-state index contributed by atoms with van der Waals surface area (Å²) in [7, 11) is 0. The van der Waals surface area contributed by atoms with Gasteiger partial charge in [0.2, 0.25) is 0 Å². The van der Waals surface area contributed by atoms with Crippen LogP contribution in [0.3, 0.4) is 0 Å². The lowest BCUT2D eigenvalue weighted by Gasteiger charge is -2.09. The van der Waals surface area contributed by atoms with Crippen LogP contribution in [0.15, 0.2) is 30.3 Å². The van der Waals surface area contributed by atoms with Crippen molar-refractivity contribution < 1.29 is 9.18 Å². The molecule has 0 saturated heterocycles. The molecule has 2 rings (SSSR count). The number of nitrogens with zero attached hydrogens (tertiary/aromatic N) is 1. The number of anilines is 2. The Kier molecular flexibility index (Phi) is 4.10. The summed E-state index contributed by atoms with van der Waals surface area (Å²) in [6.45, 7) is 1.52. The number of benzene rings is 2. The summed E-state index contributed by atoms with van der Waals surface area (Å²) in [5.74, 6) is -1.13. The van der Waals surface area contributed by atoms with Crippen molar-refractivity contribution in [1.82, 2.24) is 0 Å². The average molecular weight is 304 g/mol. The molecule has 0 fully saturated rings. The summed E-state index contributed by atoms with van der Waals surface area (Å²) >= 11 is 5.83. The summed E-state index contributed by atoms with van der Waals surface area (Å²) in [6.07, 6.45) is 0. The summed E-state index contributed by atoms with van der Waals surface area (Å²) < 4.78 is 13.6. The van der Waals surface area contributed by atoms with Crippen LogP contribution < -0.4 is 11.1 Å². The normalized spacial score (nSPS) is 10.0. The van der Waals surface area contributed by atoms with Crippen LogP contribution in [0, 0.1) is 24.1 Å². The Morgan fingerprint density at radius 3 is 2.71 bits per heavy atom. The van der Waals surface area contributed by atoms with Gasteiger partial charge in [-0.25, -0.2) is 4.39 Å². The first-order chi connectivity index (χ1) is 9.92. The molecule has 6 heteroatoms. The maximum Gasteiger partial charge on any atom is 0.255 e. The van der Waals surface area contributed by atoms with E-state index >= 15 is 0 Å². The standard InChI is InChI=1S/C15H11ClFN3O/c1-8-12(17)4-10(5-13(8)19)15(21)20-14-6-11(16)3-2-9(14)7-18/h2-6H,19H2,1H3,(H,20,21). The first-order valence-corrected chi connectivity index (χ1v) is 6.37. The fourth-order valence-corrected chi connectivity index (χ4v) is 1.92. The van der Waals surface area contributed by atoms with E-state index < -0.39 is 11.7 Å². The fourth-order valence-electron chi connectivity index (χ4n) is 1.74. The third-order valence-corrected chi connectivity index (χ3v) is 3.23. The molecule has 2 aromatic carbocycles. The Hall–Kier alpha value is -2.58. The van der Waals surface area contributed by atoms with E-state index in [0.717, 1.165) is 6.07 Å². The summed E-state index contributed by atoms with van der Waals surface area (Å²) in [4.78, 5) is 12.1. The molecule has 0 aliphatic heterocycles. The molecule has 0 aliphatic carbocycles. The SMILES string of the molecule is Cc1c(N)cc(C(=O)Nc2cc(Cl)ccc2C#N)cc1F. The molecule has 4 nitrogen and oxygen atoms in total. The molecule has 0 heterocycles. The van der Waals surface area contributed by atoms with Gasteiger partial charge in [0.1, 0.15) is 11.9 Å². The first-order valence-electron chi connectivity index (χ1n) is 5.99. The maximum atomic E-state index is 13.6. The lowest BCUT2D eigenvalue weighted by Crippen LogP contribution is -2.14. The van der Waals surface area contributed by atoms with Crippen LogP contribution in [0.1, 0.15) is 21.5 Å². The van der Waals surface area contributed by atoms with E-state index in [9.17, 15) is 9.18 Å². The van der Waals surface area contributed by atoms with Gasteiger partial charge in [0.15, 0.2) is 0 Å². The highest BCUT2D eigenvalue weighted by molar-refractivity contribution is 6.31. The highest BCUT2D eigenvalue weighted by Gasteiger charge is 2.13. The Morgan fingerprint density at radius 2 is 2.10 bits per heavy atom. The highest BCUT2D eigenvalue weighted by atomic mass is 35.5. The van der Waals surface area contributed by atoms with Gasteiger partial charge in [-0.1, -0.05) is 11.6 Å². The van der Waals surface area contributed by atoms with Crippen LogP contribution in [0.25, 0.3) is 0 Å². The Labute approximate surface area is 125 Å². The zero-order chi connectivity index (χ0) is 15.6. The predicted molar refractivity (Wildman–Crippen MR) is 79.7 cm³/mol. The van der Waals surface area contributed by atoms with Crippen LogP contribution in [-0.2, 0) is 0 Å². The number of halogens is 2. The third kappa shape index (κ3) is 3.12. The second-order valence-electron chi connectivity index (χ2n) is 4.43. The van der Waals surface area contributed by atoms with Crippen molar-refractivity contribution in [2.24, 2.45) is 0 Å². The van der Waals surface area contributed by atoms with Gasteiger partial charge in [0.25, 0.3) is 5.91 Å². The third-order valence-electron chi connectivity index (χ3n) is 3.00. The lowest BCUT2D eigenvalue weighted by molar-refractivity contribution is 0.102. The van der Waals surface area contributed by atoms with Crippen LogP contribution in [0.5, 0.6) is 0 Å². The average Bonchev–Trinajstić information content (AvgIpc) is 2.44. The molecule has 0 saturated carbocycles. The Morgan fingerprint density at radius 1 is 1.38 bits per heavy atom. The van der Waals surface area contributed by atoms with Gasteiger partial charge in [0, 0.05) is 21.8 Å². The monoisotopic (exact) mass is 303 g/mol. The number of carbonyl (C=O) groups excluding carboxylic acids is 1. The Bertz CT molecular complexity index is 745. The molecule has 0 aromatic heterocycles. The van der Waals surface area contributed by atoms with Gasteiger partial charge in [-0.3, -0.25) is 4.79 Å². The molecular weight excluding hydrogens is 293 g/mol. The van der Waals surface area contributed by atoms with E-state index in [1.807, 2.05) is 6.07 Å². The largest absolute Gasteiger partial charge is 0.398 e. The number of nitrogens with one attached hydrogen (secondary N) is 1. The van der Waals surface area contributed by atoms with E-state index in [0.29, 0.717) is 5.02 Å². The second-order valence-corrected chi connectivity index (χ2v) is 4.86. The van der Waals surface area contributed by atoms with E-state index in [2.05, 4.69) is 5.32 Å². The second kappa shape index (κ2) is 5.81. The smallest absolute Gasteiger partial charge is 0.255 e. The molecule has 0 atom stereocenters. The molecule has 0 radical (unpaired) electrons. The number of rotatable bonds is 2. The molecule has 3 N–H and O–H groups in total. The van der Waals surface area contributed by atoms with Crippen LogP contribution >= 0.6 is 11.6 Å². The minimum absolute atomic E-state index is 0.0689. The van der Waals surface area contributed by atoms with Crippen molar-refractivity contribution in [2.75, 3.05) is 11.1 Å². The number of nitrogen functional groups attached to an aromatic ring is 1. The van der Waals surface area contributed by atoms with Gasteiger partial charge in [-0.15, -0.1) is 0 Å². The fraction of sp³-hybridized carbons (Fsp3) is 0.0667. The van der Waals surface area contributed by atoms with Crippen molar-refractivity contribution in [3.8, 4) is 6.07 Å². The molecule has 0 bridgehead atoms. The first kappa shape index (κ1) is 14.8. The summed E-state index contributed by atoms with van der Waals surface area (Å²) in [5.41, 5.74) is 6.70. The number of nitriles is 1. The molecule has 2 aromatic rings. The molecule has 0 aliphatic rings. The van der Waals surface area contributed by atoms with Gasteiger partial charge in [-0.2, -0.15) is 5.26 Å². The molecule has 1 amide bonds. The van der Waals surface area contributed by atoms with Crippen LogP contribution in [0.4, 0.5) is 15.8 Å². The predicted octanol–water partition coefficient (Wildman–Crippen LogP) is 3.49. The van der Waals surface area contributed by atoms with Gasteiger partial charge in [-0.05, 0) is 37.3 Å². The van der Waals surface area contributed by atoms with E-state index in [1.165, 1.54) is 25.1 Å². The molecular formula is C15H11ClFN3O. The van der Waals surface area contributed by atoms with Crippen molar-refractivity contribution >= 4 is 28.9 Å². The van der Waals surface area contributed by atoms with Crippen molar-refractivity contribution in [3.63, 3.8) is 0 Å². The zero-order valence-corrected chi connectivity index (χ0v) is 11.8. The quantitative estimate of drug-likeness (QED) is 0.833. The Balaban J connectivity index is 2.35. The number of carbonyl (C=O) groups is 1. The minimum Gasteiger partial charge on any atom is -0.398 e. The van der Waals surface area contributed by atoms with Crippen molar-refractivity contribution in [1.29, 1.82) is 5.26 Å². The summed E-state index contributed by atoms with van der Waals surface area (Å²) in [5, 5.41) is 11.9. The number of hydrogen-bond donors (Lipinski definition) is 2. The van der Waals surface area contributed by atoms with Gasteiger partial charge in [0.05, 0.1) is 11.3 Å². The topological polar surface area (TPSA) is 78.9 Å². The van der Waals surface area contributed by atoms with E-state index in [-0.39, 0.29) is 28.1 Å². The lowest BCUT2D eigenvalue weighted by atomic mass is 10.1. The molecule has 0 unspecified atom stereocenters. The van der Waals surface area contributed by atoms with E-state index in [4.69, 9.17) is 22.6 Å². The number of hydrogen-bond acceptors (Lipinski definition) is 3. The number of nitrogens with two attached hydrogens (primary N) is 1. The van der Waals surface area contributed by atoms with Crippen molar-refractivity contribution in [3.05, 3.63) is 57.9 Å². The van der Waals surface area contributed by atoms with Crippen LogP contribution in [-0.4, -0.2) is 5.91 Å².